The van der Waals surface area contributed by atoms with Crippen LogP contribution < -0.4 is 15.5 Å². The second-order valence-corrected chi connectivity index (χ2v) is 7.16. The molecule has 150 valence electrons. The number of amides is 1. The Morgan fingerprint density at radius 1 is 1.17 bits per heavy atom. The van der Waals surface area contributed by atoms with Crippen molar-refractivity contribution in [3.8, 4) is 0 Å². The molecule has 0 radical (unpaired) electrons. The van der Waals surface area contributed by atoms with E-state index in [0.717, 1.165) is 42.2 Å². The molecule has 1 unspecified atom stereocenters. The van der Waals surface area contributed by atoms with Gasteiger partial charge in [0.15, 0.2) is 5.96 Å². The maximum atomic E-state index is 12.4. The fraction of sp³-hybridized carbons (Fsp3) is 0.318. The summed E-state index contributed by atoms with van der Waals surface area (Å²) in [6, 6.07) is 18.0. The SMILES string of the molecule is CN=C(NCCCn1cnc2ccccc21)NC1CC(=O)N(c2ccccc2)C1. The first-order valence-electron chi connectivity index (χ1n) is 9.97. The number of rotatable bonds is 6. The lowest BCUT2D eigenvalue weighted by Gasteiger charge is -2.19. The molecule has 4 rings (SSSR count). The normalized spacial score (nSPS) is 17.1. The van der Waals surface area contributed by atoms with Gasteiger partial charge in [0, 0.05) is 38.8 Å². The first kappa shape index (κ1) is 19.0. The molecule has 1 saturated heterocycles. The van der Waals surface area contributed by atoms with E-state index in [0.29, 0.717) is 13.0 Å². The van der Waals surface area contributed by atoms with E-state index in [4.69, 9.17) is 0 Å². The predicted molar refractivity (Wildman–Crippen MR) is 116 cm³/mol. The molecule has 2 N–H and O–H groups in total. The third kappa shape index (κ3) is 4.39. The van der Waals surface area contributed by atoms with Gasteiger partial charge in [0.05, 0.1) is 23.4 Å². The van der Waals surface area contributed by atoms with Crippen molar-refractivity contribution in [2.45, 2.75) is 25.4 Å². The van der Waals surface area contributed by atoms with E-state index >= 15 is 0 Å². The number of nitrogens with zero attached hydrogens (tertiary/aromatic N) is 4. The number of carbonyl (C=O) groups is 1. The number of aliphatic imine (C=N–C) groups is 1. The molecular weight excluding hydrogens is 364 g/mol. The van der Waals surface area contributed by atoms with Crippen LogP contribution in [0.5, 0.6) is 0 Å². The number of hydrogen-bond acceptors (Lipinski definition) is 3. The van der Waals surface area contributed by atoms with Crippen molar-refractivity contribution < 1.29 is 4.79 Å². The molecule has 0 spiro atoms. The second-order valence-electron chi connectivity index (χ2n) is 7.16. The number of para-hydroxylation sites is 3. The molecule has 1 fully saturated rings. The topological polar surface area (TPSA) is 74.5 Å². The van der Waals surface area contributed by atoms with Gasteiger partial charge in [-0.05, 0) is 30.7 Å². The largest absolute Gasteiger partial charge is 0.356 e. The molecule has 7 heteroatoms. The smallest absolute Gasteiger partial charge is 0.229 e. The van der Waals surface area contributed by atoms with Crippen LogP contribution in [-0.2, 0) is 11.3 Å². The molecule has 0 aliphatic carbocycles. The minimum atomic E-state index is 0.0477. The minimum absolute atomic E-state index is 0.0477. The van der Waals surface area contributed by atoms with Crippen LogP contribution in [-0.4, -0.2) is 47.6 Å². The average molecular weight is 390 g/mol. The average Bonchev–Trinajstić information content (AvgIpc) is 3.34. The zero-order valence-corrected chi connectivity index (χ0v) is 16.6. The van der Waals surface area contributed by atoms with Crippen LogP contribution in [0, 0.1) is 0 Å². The Kier molecular flexibility index (Phi) is 5.74. The number of hydrogen-bond donors (Lipinski definition) is 2. The summed E-state index contributed by atoms with van der Waals surface area (Å²) in [4.78, 5) is 22.9. The molecule has 1 aliphatic heterocycles. The molecular formula is C22H26N6O. The molecule has 2 aromatic carbocycles. The van der Waals surface area contributed by atoms with E-state index in [1.165, 1.54) is 0 Å². The Morgan fingerprint density at radius 2 is 1.97 bits per heavy atom. The lowest BCUT2D eigenvalue weighted by atomic mass is 10.2. The molecule has 1 aromatic heterocycles. The summed E-state index contributed by atoms with van der Waals surface area (Å²) >= 11 is 0. The van der Waals surface area contributed by atoms with Gasteiger partial charge >= 0.3 is 0 Å². The van der Waals surface area contributed by atoms with Crippen LogP contribution in [0.2, 0.25) is 0 Å². The summed E-state index contributed by atoms with van der Waals surface area (Å²) in [5, 5.41) is 6.73. The Bertz CT molecular complexity index is 997. The van der Waals surface area contributed by atoms with E-state index < -0.39 is 0 Å². The Morgan fingerprint density at radius 3 is 2.79 bits per heavy atom. The van der Waals surface area contributed by atoms with Crippen molar-refractivity contribution in [1.82, 2.24) is 20.2 Å². The first-order valence-corrected chi connectivity index (χ1v) is 9.97. The molecule has 3 aromatic rings. The predicted octanol–water partition coefficient (Wildman–Crippen LogP) is 2.40. The molecule has 1 amide bonds. The Labute approximate surface area is 170 Å². The third-order valence-corrected chi connectivity index (χ3v) is 5.15. The van der Waals surface area contributed by atoms with E-state index in [1.807, 2.05) is 59.8 Å². The molecule has 0 bridgehead atoms. The van der Waals surface area contributed by atoms with Gasteiger partial charge in [-0.1, -0.05) is 30.3 Å². The third-order valence-electron chi connectivity index (χ3n) is 5.15. The monoisotopic (exact) mass is 390 g/mol. The van der Waals surface area contributed by atoms with Gasteiger partial charge in [0.25, 0.3) is 0 Å². The van der Waals surface area contributed by atoms with Gasteiger partial charge in [-0.15, -0.1) is 0 Å². The quantitative estimate of drug-likeness (QED) is 0.385. The van der Waals surface area contributed by atoms with Gasteiger partial charge in [-0.25, -0.2) is 4.98 Å². The summed E-state index contributed by atoms with van der Waals surface area (Å²) < 4.78 is 2.17. The molecule has 29 heavy (non-hydrogen) atoms. The maximum Gasteiger partial charge on any atom is 0.229 e. The van der Waals surface area contributed by atoms with Gasteiger partial charge in [-0.2, -0.15) is 0 Å². The molecule has 0 saturated carbocycles. The summed E-state index contributed by atoms with van der Waals surface area (Å²) in [6.45, 7) is 2.31. The lowest BCUT2D eigenvalue weighted by molar-refractivity contribution is -0.117. The highest BCUT2D eigenvalue weighted by Gasteiger charge is 2.30. The van der Waals surface area contributed by atoms with Crippen molar-refractivity contribution in [1.29, 1.82) is 0 Å². The first-order chi connectivity index (χ1) is 14.2. The van der Waals surface area contributed by atoms with E-state index in [-0.39, 0.29) is 11.9 Å². The number of benzene rings is 2. The van der Waals surface area contributed by atoms with Crippen LogP contribution in [0.4, 0.5) is 5.69 Å². The Balaban J connectivity index is 1.25. The summed E-state index contributed by atoms with van der Waals surface area (Å²) in [5.41, 5.74) is 3.12. The zero-order valence-electron chi connectivity index (χ0n) is 16.6. The minimum Gasteiger partial charge on any atom is -0.356 e. The van der Waals surface area contributed by atoms with Crippen LogP contribution in [0.1, 0.15) is 12.8 Å². The van der Waals surface area contributed by atoms with Crippen molar-refractivity contribution in [2.75, 3.05) is 25.0 Å². The summed E-state index contributed by atoms with van der Waals surface area (Å²) in [7, 11) is 1.75. The molecule has 1 aliphatic rings. The second kappa shape index (κ2) is 8.77. The van der Waals surface area contributed by atoms with Crippen LogP contribution in [0.25, 0.3) is 11.0 Å². The van der Waals surface area contributed by atoms with Crippen molar-refractivity contribution >= 4 is 28.6 Å². The van der Waals surface area contributed by atoms with Crippen LogP contribution in [0.3, 0.4) is 0 Å². The fourth-order valence-corrected chi connectivity index (χ4v) is 3.69. The number of anilines is 1. The van der Waals surface area contributed by atoms with Crippen LogP contribution in [0.15, 0.2) is 65.9 Å². The standard InChI is InChI=1S/C22H26N6O/c1-23-22(24-12-7-13-27-16-25-19-10-5-6-11-20(19)27)26-17-14-21(29)28(15-17)18-8-3-2-4-9-18/h2-6,8-11,16-17H,7,12-15H2,1H3,(H2,23,24,26). The highest BCUT2D eigenvalue weighted by atomic mass is 16.2. The number of imidazole rings is 1. The van der Waals surface area contributed by atoms with Gasteiger partial charge in [-0.3, -0.25) is 9.79 Å². The fourth-order valence-electron chi connectivity index (χ4n) is 3.69. The van der Waals surface area contributed by atoms with Crippen molar-refractivity contribution in [3.05, 3.63) is 60.9 Å². The van der Waals surface area contributed by atoms with Gasteiger partial charge < -0.3 is 20.1 Å². The summed E-state index contributed by atoms with van der Waals surface area (Å²) in [5.74, 6) is 0.865. The maximum absolute atomic E-state index is 12.4. The summed E-state index contributed by atoms with van der Waals surface area (Å²) in [6.07, 6.45) is 3.30. The van der Waals surface area contributed by atoms with Crippen LogP contribution >= 0.6 is 0 Å². The Hall–Kier alpha value is -3.35. The molecule has 1 atom stereocenters. The molecule has 2 heterocycles. The van der Waals surface area contributed by atoms with E-state index in [9.17, 15) is 4.79 Å². The molecule has 7 nitrogen and oxygen atoms in total. The highest BCUT2D eigenvalue weighted by molar-refractivity contribution is 5.97. The van der Waals surface area contributed by atoms with Crippen molar-refractivity contribution in [3.63, 3.8) is 0 Å². The number of fused-ring (bicyclic) bond motifs is 1. The number of nitrogens with one attached hydrogen (secondary N) is 2. The highest BCUT2D eigenvalue weighted by Crippen LogP contribution is 2.20. The van der Waals surface area contributed by atoms with E-state index in [1.54, 1.807) is 7.05 Å². The number of aromatic nitrogens is 2. The number of guanidine groups is 1. The zero-order chi connectivity index (χ0) is 20.1. The van der Waals surface area contributed by atoms with E-state index in [2.05, 4.69) is 31.2 Å². The lowest BCUT2D eigenvalue weighted by Crippen LogP contribution is -2.45. The van der Waals surface area contributed by atoms with Gasteiger partial charge in [0.2, 0.25) is 5.91 Å². The van der Waals surface area contributed by atoms with Crippen molar-refractivity contribution in [2.24, 2.45) is 4.99 Å². The number of carbonyl (C=O) groups excluding carboxylic acids is 1. The number of aryl methyl sites for hydroxylation is 1. The van der Waals surface area contributed by atoms with Gasteiger partial charge in [0.1, 0.15) is 0 Å².